The van der Waals surface area contributed by atoms with Crippen LogP contribution in [0.3, 0.4) is 0 Å². The van der Waals surface area contributed by atoms with E-state index in [-0.39, 0.29) is 61.1 Å². The molecule has 2 atom stereocenters. The molecule has 2 saturated heterocycles. The number of hydrogen-bond acceptors (Lipinski definition) is 10. The van der Waals surface area contributed by atoms with Gasteiger partial charge in [-0.1, -0.05) is 0 Å². The van der Waals surface area contributed by atoms with E-state index < -0.39 is 11.7 Å². The van der Waals surface area contributed by atoms with Crippen LogP contribution in [0.15, 0.2) is 91.5 Å². The molecule has 17 heteroatoms. The lowest BCUT2D eigenvalue weighted by molar-refractivity contribution is -0.00168. The number of ether oxygens (including phenoxy) is 3. The Morgan fingerprint density at radius 3 is 1.75 bits per heavy atom. The highest BCUT2D eigenvalue weighted by Gasteiger charge is 2.36. The zero-order chi connectivity index (χ0) is 36.4. The third-order valence-corrected chi connectivity index (χ3v) is 8.86. The molecule has 0 bridgehead atoms. The van der Waals surface area contributed by atoms with Gasteiger partial charge in [0, 0.05) is 38.6 Å². The van der Waals surface area contributed by atoms with Crippen molar-refractivity contribution in [2.24, 2.45) is 0 Å². The lowest BCUT2D eigenvalue weighted by atomic mass is 10.0. The summed E-state index contributed by atoms with van der Waals surface area (Å²) in [4.78, 5) is 51.2. The number of nitrogens with zero attached hydrogens (tertiary/aromatic N) is 5. The average Bonchev–Trinajstić information content (AvgIpc) is 3.77. The van der Waals surface area contributed by atoms with E-state index in [1.165, 1.54) is 0 Å². The van der Waals surface area contributed by atoms with E-state index in [0.29, 0.717) is 47.1 Å². The molecule has 0 N–H and O–H groups in total. The SMILES string of the molecule is CC(C)(C)OC(=O)N1CCN(C(=O)c2ccc(Br)o2)C(COc2cccnc2)C1.Cl.Cl.O=C(c1ccc(Br)o1)N1CCCCC1COc1cccnc1. The molecule has 3 amide bonds. The van der Waals surface area contributed by atoms with Crippen LogP contribution in [0.25, 0.3) is 0 Å². The first-order valence-electron chi connectivity index (χ1n) is 16.6. The standard InChI is InChI=1S/C20H24BrN3O5.C16H17BrN2O3.2ClH/c1-20(2,3)29-19(26)23-9-10-24(18(25)16-6-7-17(21)28-16)14(12-23)13-27-15-5-4-8-22-11-15;17-15-7-6-14(22-15)16(20)19-9-2-1-4-12(19)11-21-13-5-3-8-18-10-13;;/h4-8,11,14H,9-10,12-13H2,1-3H3;3,5-8,10,12H,1-2,4,9,11H2;2*1H. The van der Waals surface area contributed by atoms with Gasteiger partial charge in [-0.15, -0.1) is 24.8 Å². The van der Waals surface area contributed by atoms with Gasteiger partial charge < -0.3 is 37.7 Å². The topological polar surface area (TPSA) is 141 Å². The third kappa shape index (κ3) is 12.9. The van der Waals surface area contributed by atoms with E-state index in [2.05, 4.69) is 41.8 Å². The van der Waals surface area contributed by atoms with Crippen LogP contribution in [-0.4, -0.2) is 99.7 Å². The Morgan fingerprint density at radius 1 is 0.755 bits per heavy atom. The Hall–Kier alpha value is -3.79. The number of rotatable bonds is 8. The molecule has 6 heterocycles. The van der Waals surface area contributed by atoms with Crippen molar-refractivity contribution in [3.8, 4) is 11.5 Å². The van der Waals surface area contributed by atoms with Crippen molar-refractivity contribution in [3.05, 3.63) is 94.2 Å². The summed E-state index contributed by atoms with van der Waals surface area (Å²) in [5.74, 6) is 1.58. The van der Waals surface area contributed by atoms with E-state index in [1.54, 1.807) is 71.0 Å². The monoisotopic (exact) mass is 901 g/mol. The van der Waals surface area contributed by atoms with E-state index in [9.17, 15) is 14.4 Å². The highest BCUT2D eigenvalue weighted by atomic mass is 79.9. The maximum absolute atomic E-state index is 12.9. The maximum Gasteiger partial charge on any atom is 0.410 e. The van der Waals surface area contributed by atoms with Crippen LogP contribution in [0, 0.1) is 0 Å². The molecule has 2 aliphatic rings. The minimum atomic E-state index is -0.591. The van der Waals surface area contributed by atoms with E-state index in [1.807, 2.05) is 37.8 Å². The molecule has 288 valence electrons. The quantitative estimate of drug-likeness (QED) is 0.171. The van der Waals surface area contributed by atoms with Gasteiger partial charge in [0.25, 0.3) is 11.8 Å². The molecule has 0 saturated carbocycles. The maximum atomic E-state index is 12.9. The number of furan rings is 2. The van der Waals surface area contributed by atoms with Crippen molar-refractivity contribution < 1.29 is 37.4 Å². The summed E-state index contributed by atoms with van der Waals surface area (Å²) in [6.07, 6.45) is 9.29. The van der Waals surface area contributed by atoms with Crippen molar-refractivity contribution in [3.63, 3.8) is 0 Å². The molecule has 0 spiro atoms. The molecule has 2 aliphatic heterocycles. The van der Waals surface area contributed by atoms with Gasteiger partial charge in [0.05, 0.1) is 24.5 Å². The van der Waals surface area contributed by atoms with E-state index >= 15 is 0 Å². The Bertz CT molecular complexity index is 1740. The van der Waals surface area contributed by atoms with Gasteiger partial charge in [0.1, 0.15) is 30.3 Å². The molecule has 6 rings (SSSR count). The fraction of sp³-hybridized carbons (Fsp3) is 0.417. The summed E-state index contributed by atoms with van der Waals surface area (Å²) in [6, 6.07) is 13.7. The summed E-state index contributed by atoms with van der Waals surface area (Å²) in [5, 5.41) is 0. The van der Waals surface area contributed by atoms with E-state index in [0.717, 1.165) is 31.6 Å². The molecule has 53 heavy (non-hydrogen) atoms. The zero-order valence-corrected chi connectivity index (χ0v) is 34.3. The number of piperazine rings is 1. The molecule has 0 radical (unpaired) electrons. The molecule has 4 aromatic heterocycles. The van der Waals surface area contributed by atoms with Crippen molar-refractivity contribution >= 4 is 74.6 Å². The van der Waals surface area contributed by atoms with Crippen LogP contribution in [0.5, 0.6) is 11.5 Å². The number of amides is 3. The second-order valence-electron chi connectivity index (χ2n) is 12.9. The molecule has 4 aromatic rings. The molecule has 0 aliphatic carbocycles. The Balaban J connectivity index is 0.000000284. The number of halogens is 4. The van der Waals surface area contributed by atoms with Crippen LogP contribution >= 0.6 is 56.7 Å². The number of likely N-dealkylation sites (tertiary alicyclic amines) is 1. The van der Waals surface area contributed by atoms with Crippen LogP contribution in [0.2, 0.25) is 0 Å². The Morgan fingerprint density at radius 2 is 1.28 bits per heavy atom. The molecule has 2 fully saturated rings. The van der Waals surface area contributed by atoms with Crippen LogP contribution in [-0.2, 0) is 4.74 Å². The number of carbonyl (C=O) groups excluding carboxylic acids is 3. The van der Waals surface area contributed by atoms with Crippen LogP contribution < -0.4 is 9.47 Å². The summed E-state index contributed by atoms with van der Waals surface area (Å²) < 4.78 is 28.9. The predicted octanol–water partition coefficient (Wildman–Crippen LogP) is 7.93. The number of piperidine rings is 1. The molecule has 13 nitrogen and oxygen atoms in total. The lowest BCUT2D eigenvalue weighted by Gasteiger charge is -2.41. The van der Waals surface area contributed by atoms with Gasteiger partial charge in [-0.2, -0.15) is 0 Å². The highest BCUT2D eigenvalue weighted by molar-refractivity contribution is 9.10. The van der Waals surface area contributed by atoms with Gasteiger partial charge in [-0.05, 0) is 120 Å². The normalized spacial score (nSPS) is 17.0. The number of pyridine rings is 2. The van der Waals surface area contributed by atoms with Crippen molar-refractivity contribution in [1.82, 2.24) is 24.7 Å². The smallest absolute Gasteiger partial charge is 0.410 e. The van der Waals surface area contributed by atoms with Crippen molar-refractivity contribution in [1.29, 1.82) is 0 Å². The number of hydrogen-bond donors (Lipinski definition) is 0. The predicted molar refractivity (Wildman–Crippen MR) is 208 cm³/mol. The first-order chi connectivity index (χ1) is 24.5. The first kappa shape index (κ1) is 43.6. The fourth-order valence-corrected chi connectivity index (χ4v) is 6.20. The largest absolute Gasteiger partial charge is 0.490 e. The Kier molecular flexibility index (Phi) is 17.0. The van der Waals surface area contributed by atoms with E-state index in [4.69, 9.17) is 23.0 Å². The second-order valence-corrected chi connectivity index (χ2v) is 14.5. The third-order valence-electron chi connectivity index (χ3n) is 8.00. The summed E-state index contributed by atoms with van der Waals surface area (Å²) in [6.45, 7) is 7.88. The van der Waals surface area contributed by atoms with Crippen LogP contribution in [0.1, 0.15) is 61.1 Å². The van der Waals surface area contributed by atoms with Crippen molar-refractivity contribution in [2.75, 3.05) is 39.4 Å². The Labute approximate surface area is 337 Å². The molecule has 0 aromatic carbocycles. The second kappa shape index (κ2) is 20.6. The van der Waals surface area contributed by atoms with Gasteiger partial charge in [0.2, 0.25) is 0 Å². The highest BCUT2D eigenvalue weighted by Crippen LogP contribution is 2.24. The number of aromatic nitrogens is 2. The summed E-state index contributed by atoms with van der Waals surface area (Å²) in [7, 11) is 0. The fourth-order valence-electron chi connectivity index (χ4n) is 5.59. The summed E-state index contributed by atoms with van der Waals surface area (Å²) >= 11 is 6.45. The van der Waals surface area contributed by atoms with Crippen LogP contribution in [0.4, 0.5) is 4.79 Å². The first-order valence-corrected chi connectivity index (χ1v) is 18.2. The zero-order valence-electron chi connectivity index (χ0n) is 29.5. The minimum Gasteiger partial charge on any atom is -0.490 e. The van der Waals surface area contributed by atoms with Gasteiger partial charge in [-0.3, -0.25) is 19.6 Å². The van der Waals surface area contributed by atoms with Gasteiger partial charge in [0.15, 0.2) is 20.9 Å². The number of carbonyl (C=O) groups is 3. The lowest BCUT2D eigenvalue weighted by Crippen LogP contribution is -2.59. The minimum absolute atomic E-state index is 0. The summed E-state index contributed by atoms with van der Waals surface area (Å²) in [5.41, 5.74) is -0.591. The van der Waals surface area contributed by atoms with Gasteiger partial charge in [-0.25, -0.2) is 4.79 Å². The molecular weight excluding hydrogens is 861 g/mol. The van der Waals surface area contributed by atoms with Gasteiger partial charge >= 0.3 is 6.09 Å². The molecule has 2 unspecified atom stereocenters. The average molecular weight is 904 g/mol. The molecular formula is C36H43Br2Cl2N5O8. The van der Waals surface area contributed by atoms with Crippen molar-refractivity contribution in [2.45, 2.75) is 57.7 Å².